The number of nitriles is 1. The van der Waals surface area contributed by atoms with Crippen molar-refractivity contribution in [2.75, 3.05) is 14.2 Å². The van der Waals surface area contributed by atoms with Crippen LogP contribution in [0.5, 0.6) is 11.5 Å². The fourth-order valence-corrected chi connectivity index (χ4v) is 5.84. The number of methoxy groups -OCH3 is 2. The van der Waals surface area contributed by atoms with Gasteiger partial charge in [0.1, 0.15) is 16.3 Å². The Hall–Kier alpha value is -3.83. The number of aryl methyl sites for hydroxylation is 2. The molecular formula is C25H21N3O4S. The molecule has 5 rings (SSSR count). The van der Waals surface area contributed by atoms with E-state index in [9.17, 15) is 14.9 Å². The van der Waals surface area contributed by atoms with Gasteiger partial charge in [-0.25, -0.2) is 9.36 Å². The summed E-state index contributed by atoms with van der Waals surface area (Å²) in [6.07, 6.45) is 2.72. The first-order valence-corrected chi connectivity index (χ1v) is 11.4. The quantitative estimate of drug-likeness (QED) is 0.455. The molecular weight excluding hydrogens is 438 g/mol. The smallest absolute Gasteiger partial charge is 0.337 e. The van der Waals surface area contributed by atoms with Crippen LogP contribution in [-0.4, -0.2) is 23.4 Å². The van der Waals surface area contributed by atoms with Gasteiger partial charge in [-0.15, -0.1) is 11.3 Å². The molecule has 0 N–H and O–H groups in total. The molecule has 0 saturated heterocycles. The normalized spacial score (nSPS) is 12.5. The highest BCUT2D eigenvalue weighted by molar-refractivity contribution is 7.18. The van der Waals surface area contributed by atoms with Gasteiger partial charge in [-0.1, -0.05) is 18.2 Å². The number of fused-ring (bicyclic) bond motifs is 3. The summed E-state index contributed by atoms with van der Waals surface area (Å²) in [6.45, 7) is 0.192. The van der Waals surface area contributed by atoms with Crippen LogP contribution in [0.1, 0.15) is 28.0 Å². The molecule has 0 bridgehead atoms. The van der Waals surface area contributed by atoms with Gasteiger partial charge < -0.3 is 9.47 Å². The van der Waals surface area contributed by atoms with Gasteiger partial charge in [0.05, 0.1) is 43.5 Å². The first-order valence-electron chi connectivity index (χ1n) is 10.6. The summed E-state index contributed by atoms with van der Waals surface area (Å²) in [5, 5.41) is 10.1. The molecule has 0 atom stereocenters. The third-order valence-corrected chi connectivity index (χ3v) is 7.40. The molecule has 0 unspecified atom stereocenters. The molecule has 0 radical (unpaired) electrons. The maximum Gasteiger partial charge on any atom is 0.337 e. The van der Waals surface area contributed by atoms with Crippen molar-refractivity contribution in [3.05, 3.63) is 84.9 Å². The lowest BCUT2D eigenvalue weighted by Gasteiger charge is -2.16. The van der Waals surface area contributed by atoms with Gasteiger partial charge in [0, 0.05) is 10.9 Å². The Balaban J connectivity index is 1.84. The molecule has 1 aliphatic carbocycles. The van der Waals surface area contributed by atoms with Gasteiger partial charge >= 0.3 is 5.69 Å². The van der Waals surface area contributed by atoms with E-state index < -0.39 is 5.69 Å². The molecule has 1 aliphatic rings. The van der Waals surface area contributed by atoms with Crippen molar-refractivity contribution in [3.63, 3.8) is 0 Å². The number of nitrogens with zero attached hydrogens (tertiary/aromatic N) is 3. The highest BCUT2D eigenvalue weighted by Gasteiger charge is 2.26. The van der Waals surface area contributed by atoms with Crippen LogP contribution in [0.2, 0.25) is 0 Å². The van der Waals surface area contributed by atoms with E-state index in [2.05, 4.69) is 6.07 Å². The Labute approximate surface area is 193 Å². The summed E-state index contributed by atoms with van der Waals surface area (Å²) >= 11 is 1.51. The van der Waals surface area contributed by atoms with Gasteiger partial charge in [0.25, 0.3) is 5.56 Å². The van der Waals surface area contributed by atoms with E-state index in [1.807, 2.05) is 12.1 Å². The maximum absolute atomic E-state index is 13.8. The van der Waals surface area contributed by atoms with Crippen molar-refractivity contribution in [1.29, 1.82) is 5.26 Å². The van der Waals surface area contributed by atoms with Crippen LogP contribution in [0, 0.1) is 11.3 Å². The standard InChI is InChI=1S/C25H21N3O4S/c1-31-17-10-11-19(20(12-17)32-2)28-23(29)22-18-8-5-9-21(18)33-24(22)27(25(28)30)14-16-7-4-3-6-15(16)13-26/h3-4,6-7,10-12H,5,8-9,14H2,1-2H3. The lowest BCUT2D eigenvalue weighted by atomic mass is 10.1. The SMILES string of the molecule is COc1ccc(-n2c(=O)c3c4c(sc3n(Cc3ccccc3C#N)c2=O)CCC4)c(OC)c1. The van der Waals surface area contributed by atoms with Crippen LogP contribution in [0.25, 0.3) is 15.9 Å². The zero-order chi connectivity index (χ0) is 23.1. The predicted octanol–water partition coefficient (Wildman–Crippen LogP) is 3.64. The van der Waals surface area contributed by atoms with Crippen molar-refractivity contribution in [1.82, 2.24) is 9.13 Å². The van der Waals surface area contributed by atoms with Crippen molar-refractivity contribution in [3.8, 4) is 23.3 Å². The van der Waals surface area contributed by atoms with Crippen LogP contribution in [0.3, 0.4) is 0 Å². The summed E-state index contributed by atoms with van der Waals surface area (Å²) in [6, 6.07) is 14.4. The summed E-state index contributed by atoms with van der Waals surface area (Å²) in [5.41, 5.74) is 1.80. The average Bonchev–Trinajstić information content (AvgIpc) is 3.43. The second kappa shape index (κ2) is 8.26. The number of hydrogen-bond acceptors (Lipinski definition) is 6. The molecule has 33 heavy (non-hydrogen) atoms. The van der Waals surface area contributed by atoms with Crippen LogP contribution < -0.4 is 20.7 Å². The molecule has 7 nitrogen and oxygen atoms in total. The van der Waals surface area contributed by atoms with Gasteiger partial charge in [0.15, 0.2) is 0 Å². The fraction of sp³-hybridized carbons (Fsp3) is 0.240. The number of rotatable bonds is 5. The van der Waals surface area contributed by atoms with Crippen LogP contribution in [0.15, 0.2) is 52.1 Å². The van der Waals surface area contributed by atoms with Crippen LogP contribution in [0.4, 0.5) is 0 Å². The lowest BCUT2D eigenvalue weighted by Crippen LogP contribution is -2.39. The van der Waals surface area contributed by atoms with Crippen molar-refractivity contribution < 1.29 is 9.47 Å². The Morgan fingerprint density at radius 1 is 1.09 bits per heavy atom. The monoisotopic (exact) mass is 459 g/mol. The van der Waals surface area contributed by atoms with E-state index in [1.165, 1.54) is 23.0 Å². The van der Waals surface area contributed by atoms with E-state index in [0.717, 1.165) is 35.3 Å². The minimum atomic E-state index is -0.469. The summed E-state index contributed by atoms with van der Waals surface area (Å²) in [5.74, 6) is 0.924. The topological polar surface area (TPSA) is 86.2 Å². The average molecular weight is 460 g/mol. The molecule has 2 aromatic heterocycles. The number of hydrogen-bond donors (Lipinski definition) is 0. The van der Waals surface area contributed by atoms with Crippen molar-refractivity contribution >= 4 is 21.6 Å². The maximum atomic E-state index is 13.8. The number of ether oxygens (including phenoxy) is 2. The minimum absolute atomic E-state index is 0.192. The third kappa shape index (κ3) is 3.33. The molecule has 0 spiro atoms. The molecule has 2 heterocycles. The zero-order valence-electron chi connectivity index (χ0n) is 18.3. The fourth-order valence-electron chi connectivity index (χ4n) is 4.47. The highest BCUT2D eigenvalue weighted by Crippen LogP contribution is 2.36. The van der Waals surface area contributed by atoms with E-state index in [-0.39, 0.29) is 12.1 Å². The van der Waals surface area contributed by atoms with Crippen molar-refractivity contribution in [2.45, 2.75) is 25.8 Å². The van der Waals surface area contributed by atoms with Gasteiger partial charge in [-0.05, 0) is 48.6 Å². The van der Waals surface area contributed by atoms with E-state index >= 15 is 0 Å². The lowest BCUT2D eigenvalue weighted by molar-refractivity contribution is 0.392. The molecule has 4 aromatic rings. The Morgan fingerprint density at radius 2 is 1.91 bits per heavy atom. The zero-order valence-corrected chi connectivity index (χ0v) is 19.1. The van der Waals surface area contributed by atoms with Gasteiger partial charge in [-0.3, -0.25) is 9.36 Å². The van der Waals surface area contributed by atoms with E-state index in [4.69, 9.17) is 9.47 Å². The first-order chi connectivity index (χ1) is 16.1. The van der Waals surface area contributed by atoms with E-state index in [0.29, 0.717) is 33.0 Å². The molecule has 0 saturated carbocycles. The van der Waals surface area contributed by atoms with Crippen molar-refractivity contribution in [2.24, 2.45) is 0 Å². The summed E-state index contributed by atoms with van der Waals surface area (Å²) in [7, 11) is 3.03. The minimum Gasteiger partial charge on any atom is -0.497 e. The molecule has 0 fully saturated rings. The summed E-state index contributed by atoms with van der Waals surface area (Å²) < 4.78 is 13.6. The summed E-state index contributed by atoms with van der Waals surface area (Å²) in [4.78, 5) is 29.4. The van der Waals surface area contributed by atoms with Crippen LogP contribution in [-0.2, 0) is 19.4 Å². The highest BCUT2D eigenvalue weighted by atomic mass is 32.1. The second-order valence-electron chi connectivity index (χ2n) is 7.85. The molecule has 0 amide bonds. The van der Waals surface area contributed by atoms with Crippen LogP contribution >= 0.6 is 11.3 Å². The number of aromatic nitrogens is 2. The Bertz CT molecular complexity index is 1560. The second-order valence-corrected chi connectivity index (χ2v) is 8.94. The Morgan fingerprint density at radius 3 is 2.67 bits per heavy atom. The molecule has 8 heteroatoms. The third-order valence-electron chi connectivity index (χ3n) is 6.08. The predicted molar refractivity (Wildman–Crippen MR) is 127 cm³/mol. The molecule has 166 valence electrons. The van der Waals surface area contributed by atoms with E-state index in [1.54, 1.807) is 42.0 Å². The van der Waals surface area contributed by atoms with Gasteiger partial charge in [0.2, 0.25) is 0 Å². The van der Waals surface area contributed by atoms with Gasteiger partial charge in [-0.2, -0.15) is 5.26 Å². The number of benzene rings is 2. The molecule has 0 aliphatic heterocycles. The Kier molecular flexibility index (Phi) is 5.27. The first kappa shape index (κ1) is 21.0. The number of thiophene rings is 1. The largest absolute Gasteiger partial charge is 0.497 e. The molecule has 2 aromatic carbocycles.